The summed E-state index contributed by atoms with van der Waals surface area (Å²) in [4.78, 5) is 3.20. The molecule has 0 radical (unpaired) electrons. The van der Waals surface area contributed by atoms with Crippen molar-refractivity contribution in [3.8, 4) is 0 Å². The van der Waals surface area contributed by atoms with Crippen molar-refractivity contribution in [1.29, 1.82) is 0 Å². The van der Waals surface area contributed by atoms with Gasteiger partial charge in [-0.1, -0.05) is 18.2 Å². The smallest absolute Gasteiger partial charge is 0.242 e. The summed E-state index contributed by atoms with van der Waals surface area (Å²) < 4.78 is 29.0. The SMILES string of the molecule is CNCc1sc2ccccc2c1S(=O)(=O)NCCN(C)C. The van der Waals surface area contributed by atoms with Crippen molar-refractivity contribution >= 4 is 31.4 Å². The zero-order valence-electron chi connectivity index (χ0n) is 12.5. The van der Waals surface area contributed by atoms with Crippen LogP contribution in [-0.2, 0) is 16.6 Å². The molecular formula is C14H21N3O2S2. The van der Waals surface area contributed by atoms with E-state index in [1.54, 1.807) is 0 Å². The molecule has 0 spiro atoms. The fourth-order valence-electron chi connectivity index (χ4n) is 2.12. The summed E-state index contributed by atoms with van der Waals surface area (Å²) in [6.45, 7) is 1.62. The van der Waals surface area contributed by atoms with Crippen LogP contribution < -0.4 is 10.0 Å². The van der Waals surface area contributed by atoms with Crippen LogP contribution in [0.25, 0.3) is 10.1 Å². The highest BCUT2D eigenvalue weighted by atomic mass is 32.2. The van der Waals surface area contributed by atoms with Crippen molar-refractivity contribution in [2.24, 2.45) is 0 Å². The van der Waals surface area contributed by atoms with Gasteiger partial charge in [-0.05, 0) is 27.2 Å². The zero-order valence-corrected chi connectivity index (χ0v) is 14.1. The van der Waals surface area contributed by atoms with Gasteiger partial charge in [-0.2, -0.15) is 0 Å². The number of hydrogen-bond acceptors (Lipinski definition) is 5. The van der Waals surface area contributed by atoms with Crippen LogP contribution in [0.3, 0.4) is 0 Å². The molecule has 5 nitrogen and oxygen atoms in total. The molecule has 0 aliphatic carbocycles. The van der Waals surface area contributed by atoms with E-state index in [4.69, 9.17) is 0 Å². The lowest BCUT2D eigenvalue weighted by atomic mass is 10.2. The monoisotopic (exact) mass is 327 g/mol. The van der Waals surface area contributed by atoms with E-state index in [0.717, 1.165) is 15.0 Å². The van der Waals surface area contributed by atoms with Crippen LogP contribution in [0.4, 0.5) is 0 Å². The summed E-state index contributed by atoms with van der Waals surface area (Å²) in [5.74, 6) is 0. The second-order valence-electron chi connectivity index (χ2n) is 5.08. The van der Waals surface area contributed by atoms with Crippen LogP contribution >= 0.6 is 11.3 Å². The highest BCUT2D eigenvalue weighted by molar-refractivity contribution is 7.90. The average Bonchev–Trinajstić information content (AvgIpc) is 2.77. The second kappa shape index (κ2) is 6.85. The first-order valence-corrected chi connectivity index (χ1v) is 9.05. The Kier molecular flexibility index (Phi) is 5.34. The van der Waals surface area contributed by atoms with E-state index in [0.29, 0.717) is 24.5 Å². The predicted molar refractivity (Wildman–Crippen MR) is 88.3 cm³/mol. The molecule has 21 heavy (non-hydrogen) atoms. The van der Waals surface area contributed by atoms with Gasteiger partial charge in [0.15, 0.2) is 0 Å². The minimum Gasteiger partial charge on any atom is -0.315 e. The van der Waals surface area contributed by atoms with E-state index in [9.17, 15) is 8.42 Å². The maximum atomic E-state index is 12.6. The number of rotatable bonds is 7. The van der Waals surface area contributed by atoms with Gasteiger partial charge in [-0.3, -0.25) is 0 Å². The molecule has 2 rings (SSSR count). The van der Waals surface area contributed by atoms with E-state index in [1.807, 2.05) is 50.3 Å². The molecule has 2 N–H and O–H groups in total. The fraction of sp³-hybridized carbons (Fsp3) is 0.429. The zero-order chi connectivity index (χ0) is 15.5. The topological polar surface area (TPSA) is 61.4 Å². The molecule has 0 unspecified atom stereocenters. The standard InChI is InChI=1S/C14H21N3O2S2/c1-15-10-13-14(11-6-4-5-7-12(11)20-13)21(18,19)16-8-9-17(2)3/h4-7,15-16H,8-10H2,1-3H3. The number of thiophene rings is 1. The predicted octanol–water partition coefficient (Wildman–Crippen LogP) is 1.46. The Morgan fingerprint density at radius 1 is 1.24 bits per heavy atom. The number of sulfonamides is 1. The van der Waals surface area contributed by atoms with Gasteiger partial charge < -0.3 is 10.2 Å². The molecule has 0 amide bonds. The van der Waals surface area contributed by atoms with Crippen molar-refractivity contribution < 1.29 is 8.42 Å². The molecule has 1 aromatic carbocycles. The second-order valence-corrected chi connectivity index (χ2v) is 7.92. The van der Waals surface area contributed by atoms with Crippen LogP contribution in [0.2, 0.25) is 0 Å². The summed E-state index contributed by atoms with van der Waals surface area (Å²) in [5.41, 5.74) is 0. The number of nitrogens with one attached hydrogen (secondary N) is 2. The number of likely N-dealkylation sites (N-methyl/N-ethyl adjacent to an activating group) is 1. The highest BCUT2D eigenvalue weighted by Crippen LogP contribution is 2.34. The van der Waals surface area contributed by atoms with Gasteiger partial charge in [-0.25, -0.2) is 13.1 Å². The van der Waals surface area contributed by atoms with Gasteiger partial charge >= 0.3 is 0 Å². The lowest BCUT2D eigenvalue weighted by molar-refractivity contribution is 0.412. The van der Waals surface area contributed by atoms with Crippen LogP contribution in [0, 0.1) is 0 Å². The van der Waals surface area contributed by atoms with E-state index in [-0.39, 0.29) is 0 Å². The van der Waals surface area contributed by atoms with Gasteiger partial charge in [0.2, 0.25) is 10.0 Å². The quantitative estimate of drug-likeness (QED) is 0.808. The summed E-state index contributed by atoms with van der Waals surface area (Å²) in [5, 5.41) is 3.84. The van der Waals surface area contributed by atoms with Gasteiger partial charge in [0.1, 0.15) is 4.90 Å². The third-order valence-corrected chi connectivity index (χ3v) is 5.96. The Hall–Kier alpha value is -0.990. The third kappa shape index (κ3) is 3.81. The molecule has 116 valence electrons. The van der Waals surface area contributed by atoms with Crippen molar-refractivity contribution in [2.75, 3.05) is 34.2 Å². The minimum atomic E-state index is -3.50. The number of hydrogen-bond donors (Lipinski definition) is 2. The molecular weight excluding hydrogens is 306 g/mol. The van der Waals surface area contributed by atoms with Gasteiger partial charge in [0, 0.05) is 34.6 Å². The summed E-state index contributed by atoms with van der Waals surface area (Å²) in [6.07, 6.45) is 0. The Morgan fingerprint density at radius 2 is 1.95 bits per heavy atom. The Labute approximate surface area is 130 Å². The number of benzene rings is 1. The minimum absolute atomic E-state index is 0.401. The maximum Gasteiger partial charge on any atom is 0.242 e. The van der Waals surface area contributed by atoms with Gasteiger partial charge in [0.25, 0.3) is 0 Å². The van der Waals surface area contributed by atoms with Crippen molar-refractivity contribution in [3.63, 3.8) is 0 Å². The van der Waals surface area contributed by atoms with E-state index < -0.39 is 10.0 Å². The molecule has 0 bridgehead atoms. The molecule has 0 aliphatic rings. The first-order chi connectivity index (χ1) is 9.95. The fourth-order valence-corrected chi connectivity index (χ4v) is 5.09. The van der Waals surface area contributed by atoms with E-state index in [2.05, 4.69) is 10.0 Å². The molecule has 0 atom stereocenters. The first kappa shape index (κ1) is 16.4. The van der Waals surface area contributed by atoms with Gasteiger partial charge in [0.05, 0.1) is 0 Å². The number of nitrogens with zero attached hydrogens (tertiary/aromatic N) is 1. The Morgan fingerprint density at radius 3 is 2.62 bits per heavy atom. The molecule has 0 fully saturated rings. The van der Waals surface area contributed by atoms with Crippen LogP contribution in [0.15, 0.2) is 29.2 Å². The van der Waals surface area contributed by atoms with Crippen molar-refractivity contribution in [3.05, 3.63) is 29.1 Å². The average molecular weight is 327 g/mol. The van der Waals surface area contributed by atoms with E-state index >= 15 is 0 Å². The molecule has 1 aromatic heterocycles. The van der Waals surface area contributed by atoms with Crippen LogP contribution in [-0.4, -0.2) is 47.6 Å². The van der Waals surface area contributed by atoms with Crippen molar-refractivity contribution in [1.82, 2.24) is 14.9 Å². The Bertz CT molecular complexity index is 708. The molecule has 2 aromatic rings. The Balaban J connectivity index is 2.40. The normalized spacial score (nSPS) is 12.4. The summed E-state index contributed by atoms with van der Waals surface area (Å²) in [6, 6.07) is 7.62. The maximum absolute atomic E-state index is 12.6. The van der Waals surface area contributed by atoms with Crippen LogP contribution in [0.1, 0.15) is 4.88 Å². The highest BCUT2D eigenvalue weighted by Gasteiger charge is 2.23. The molecule has 7 heteroatoms. The van der Waals surface area contributed by atoms with Crippen LogP contribution in [0.5, 0.6) is 0 Å². The van der Waals surface area contributed by atoms with Crippen molar-refractivity contribution in [2.45, 2.75) is 11.4 Å². The summed E-state index contributed by atoms with van der Waals surface area (Å²) >= 11 is 1.52. The number of fused-ring (bicyclic) bond motifs is 1. The lowest BCUT2D eigenvalue weighted by Crippen LogP contribution is -2.31. The van der Waals surface area contributed by atoms with E-state index in [1.165, 1.54) is 11.3 Å². The summed E-state index contributed by atoms with van der Waals surface area (Å²) in [7, 11) is 2.16. The van der Waals surface area contributed by atoms with Gasteiger partial charge in [-0.15, -0.1) is 11.3 Å². The molecule has 1 heterocycles. The molecule has 0 saturated carbocycles. The third-order valence-electron chi connectivity index (χ3n) is 3.08. The molecule has 0 saturated heterocycles. The largest absolute Gasteiger partial charge is 0.315 e. The lowest BCUT2D eigenvalue weighted by Gasteiger charge is -2.11. The first-order valence-electron chi connectivity index (χ1n) is 6.75. The molecule has 0 aliphatic heterocycles.